The normalized spacial score (nSPS) is 28.5. The minimum Gasteiger partial charge on any atom is -0.389 e. The zero-order valence-electron chi connectivity index (χ0n) is 18.8. The van der Waals surface area contributed by atoms with Crippen LogP contribution in [0.5, 0.6) is 0 Å². The van der Waals surface area contributed by atoms with E-state index in [0.29, 0.717) is 17.0 Å². The maximum Gasteiger partial charge on any atom is 0.327 e. The van der Waals surface area contributed by atoms with E-state index in [0.717, 1.165) is 0 Å². The van der Waals surface area contributed by atoms with E-state index in [4.69, 9.17) is 24.3 Å². The summed E-state index contributed by atoms with van der Waals surface area (Å²) in [4.78, 5) is 13.0. The smallest absolute Gasteiger partial charge is 0.327 e. The molecule has 0 radical (unpaired) electrons. The van der Waals surface area contributed by atoms with Crippen molar-refractivity contribution in [2.75, 3.05) is 32.2 Å². The Morgan fingerprint density at radius 3 is 2.74 bits per heavy atom. The molecule has 2 unspecified atom stereocenters. The van der Waals surface area contributed by atoms with Crippen molar-refractivity contribution < 1.29 is 28.2 Å². The minimum absolute atomic E-state index is 0.0477. The van der Waals surface area contributed by atoms with Gasteiger partial charge in [-0.15, -0.1) is 0 Å². The number of aliphatic hydroxyl groups excluding tert-OH is 1. The number of ether oxygens (including phenoxy) is 2. The van der Waals surface area contributed by atoms with Crippen molar-refractivity contribution in [2.45, 2.75) is 59.2 Å². The molecule has 0 amide bonds. The summed E-state index contributed by atoms with van der Waals surface area (Å²) in [6.07, 6.45) is -0.910. The van der Waals surface area contributed by atoms with Crippen molar-refractivity contribution >= 4 is 24.6 Å². The standard InChI is InChI=1S/C19H32N5O6P/c1-7-28-31(6,26)29-8-13-15(25)19(5,9-27-11(2)3)18(30-13)24-10-21-14-16(20)22-12(4)23-17(14)24/h10-11,13,15,18,25H,7-9H2,1-6H3,(H2,20,22,23)/t13-,15+,18-,19?,31?/m1/s1. The fourth-order valence-corrected chi connectivity index (χ4v) is 4.65. The maximum absolute atomic E-state index is 12.4. The highest BCUT2D eigenvalue weighted by atomic mass is 31.2. The zero-order chi connectivity index (χ0) is 23.0. The molecule has 0 aromatic carbocycles. The van der Waals surface area contributed by atoms with Gasteiger partial charge in [-0.25, -0.2) is 15.0 Å². The molecule has 31 heavy (non-hydrogen) atoms. The second kappa shape index (κ2) is 9.09. The first-order valence-corrected chi connectivity index (χ1v) is 12.3. The first kappa shape index (κ1) is 24.0. The third-order valence-electron chi connectivity index (χ3n) is 5.27. The molecule has 0 aliphatic carbocycles. The van der Waals surface area contributed by atoms with Crippen LogP contribution in [-0.4, -0.2) is 69.4 Å². The molecule has 5 atom stereocenters. The molecule has 11 nitrogen and oxygen atoms in total. The van der Waals surface area contributed by atoms with Crippen molar-refractivity contribution in [2.24, 2.45) is 5.41 Å². The topological polar surface area (TPSA) is 144 Å². The van der Waals surface area contributed by atoms with E-state index in [-0.39, 0.29) is 31.7 Å². The summed E-state index contributed by atoms with van der Waals surface area (Å²) in [5, 5.41) is 11.2. The number of nitrogen functional groups attached to an aromatic ring is 1. The maximum atomic E-state index is 12.4. The van der Waals surface area contributed by atoms with Crippen molar-refractivity contribution in [3.05, 3.63) is 12.2 Å². The lowest BCUT2D eigenvalue weighted by atomic mass is 9.83. The van der Waals surface area contributed by atoms with Gasteiger partial charge < -0.3 is 29.4 Å². The van der Waals surface area contributed by atoms with Gasteiger partial charge in [0.05, 0.1) is 43.8 Å². The largest absolute Gasteiger partial charge is 0.389 e. The average Bonchev–Trinajstić information content (AvgIpc) is 3.19. The predicted molar refractivity (Wildman–Crippen MR) is 115 cm³/mol. The number of hydrogen-bond donors (Lipinski definition) is 2. The van der Waals surface area contributed by atoms with Crippen LogP contribution in [0.15, 0.2) is 6.33 Å². The summed E-state index contributed by atoms with van der Waals surface area (Å²) < 4.78 is 36.8. The van der Waals surface area contributed by atoms with Crippen LogP contribution >= 0.6 is 7.60 Å². The Morgan fingerprint density at radius 2 is 2.10 bits per heavy atom. The number of nitrogens with zero attached hydrogens (tertiary/aromatic N) is 4. The van der Waals surface area contributed by atoms with Gasteiger partial charge in [-0.3, -0.25) is 9.13 Å². The van der Waals surface area contributed by atoms with Crippen molar-refractivity contribution in [1.82, 2.24) is 19.5 Å². The van der Waals surface area contributed by atoms with E-state index in [1.807, 2.05) is 20.8 Å². The predicted octanol–water partition coefficient (Wildman–Crippen LogP) is 2.28. The van der Waals surface area contributed by atoms with Crippen LogP contribution in [0.25, 0.3) is 11.2 Å². The fourth-order valence-electron chi connectivity index (χ4n) is 3.69. The number of hydrogen-bond acceptors (Lipinski definition) is 10. The Hall–Kier alpha value is -1.62. The highest BCUT2D eigenvalue weighted by molar-refractivity contribution is 7.52. The molecule has 2 aromatic rings. The number of anilines is 1. The fraction of sp³-hybridized carbons (Fsp3) is 0.737. The van der Waals surface area contributed by atoms with Gasteiger partial charge in [-0.1, -0.05) is 6.92 Å². The number of imidazole rings is 1. The zero-order valence-corrected chi connectivity index (χ0v) is 19.7. The van der Waals surface area contributed by atoms with Crippen LogP contribution in [0.3, 0.4) is 0 Å². The number of aryl methyl sites for hydroxylation is 1. The molecule has 3 rings (SSSR count). The second-order valence-corrected chi connectivity index (χ2v) is 10.4. The third-order valence-corrected chi connectivity index (χ3v) is 6.62. The molecule has 0 spiro atoms. The Morgan fingerprint density at radius 1 is 1.39 bits per heavy atom. The monoisotopic (exact) mass is 457 g/mol. The second-order valence-electron chi connectivity index (χ2n) is 8.30. The van der Waals surface area contributed by atoms with Gasteiger partial charge in [0.15, 0.2) is 11.5 Å². The van der Waals surface area contributed by atoms with Crippen LogP contribution in [-0.2, 0) is 23.1 Å². The van der Waals surface area contributed by atoms with Gasteiger partial charge in [-0.2, -0.15) is 0 Å². The third kappa shape index (κ3) is 4.92. The molecule has 0 bridgehead atoms. The van der Waals surface area contributed by atoms with Crippen LogP contribution in [0.1, 0.15) is 39.7 Å². The molecule has 3 heterocycles. The average molecular weight is 457 g/mol. The van der Waals surface area contributed by atoms with Crippen LogP contribution in [0.2, 0.25) is 0 Å². The molecular formula is C19H32N5O6P. The molecule has 1 aliphatic heterocycles. The number of fused-ring (bicyclic) bond motifs is 1. The van der Waals surface area contributed by atoms with E-state index in [9.17, 15) is 9.67 Å². The van der Waals surface area contributed by atoms with Gasteiger partial charge in [0.2, 0.25) is 0 Å². The number of nitrogens with two attached hydrogens (primary N) is 1. The summed E-state index contributed by atoms with van der Waals surface area (Å²) >= 11 is 0. The lowest BCUT2D eigenvalue weighted by Crippen LogP contribution is -2.42. The molecule has 12 heteroatoms. The van der Waals surface area contributed by atoms with Gasteiger partial charge in [0, 0.05) is 6.66 Å². The van der Waals surface area contributed by atoms with E-state index in [1.54, 1.807) is 24.7 Å². The Balaban J connectivity index is 1.96. The van der Waals surface area contributed by atoms with Crippen molar-refractivity contribution in [3.8, 4) is 0 Å². The summed E-state index contributed by atoms with van der Waals surface area (Å²) in [6, 6.07) is 0. The molecule has 174 valence electrons. The van der Waals surface area contributed by atoms with Crippen LogP contribution in [0, 0.1) is 12.3 Å². The lowest BCUT2D eigenvalue weighted by molar-refractivity contribution is -0.0812. The minimum atomic E-state index is -3.26. The van der Waals surface area contributed by atoms with Gasteiger partial charge in [0.1, 0.15) is 23.7 Å². The summed E-state index contributed by atoms with van der Waals surface area (Å²) in [5.41, 5.74) is 6.08. The molecule has 3 N–H and O–H groups in total. The number of rotatable bonds is 9. The summed E-state index contributed by atoms with van der Waals surface area (Å²) in [6.45, 7) is 10.9. The molecule has 0 saturated carbocycles. The first-order chi connectivity index (χ1) is 14.5. The number of aromatic nitrogens is 4. The van der Waals surface area contributed by atoms with Gasteiger partial charge in [0.25, 0.3) is 0 Å². The lowest BCUT2D eigenvalue weighted by Gasteiger charge is -2.33. The molecule has 1 fully saturated rings. The Bertz CT molecular complexity index is 969. The van der Waals surface area contributed by atoms with E-state index < -0.39 is 31.4 Å². The van der Waals surface area contributed by atoms with E-state index in [2.05, 4.69) is 15.0 Å². The van der Waals surface area contributed by atoms with Crippen LogP contribution < -0.4 is 5.73 Å². The Labute approximate surface area is 181 Å². The molecule has 1 aliphatic rings. The summed E-state index contributed by atoms with van der Waals surface area (Å²) in [5.74, 6) is 0.761. The van der Waals surface area contributed by atoms with Crippen LogP contribution in [0.4, 0.5) is 5.82 Å². The van der Waals surface area contributed by atoms with Crippen molar-refractivity contribution in [1.29, 1.82) is 0 Å². The van der Waals surface area contributed by atoms with E-state index >= 15 is 0 Å². The highest BCUT2D eigenvalue weighted by Crippen LogP contribution is 2.49. The highest BCUT2D eigenvalue weighted by Gasteiger charge is 2.55. The van der Waals surface area contributed by atoms with Crippen molar-refractivity contribution in [3.63, 3.8) is 0 Å². The number of aliphatic hydroxyl groups is 1. The SMILES string of the molecule is CCOP(C)(=O)OC[C@H]1O[C@@H](n2cnc3c(N)nc(C)nc32)C(C)(COC(C)C)[C@H]1O. The van der Waals surface area contributed by atoms with Gasteiger partial charge in [-0.05, 0) is 27.7 Å². The summed E-state index contributed by atoms with van der Waals surface area (Å²) in [7, 11) is -3.26. The van der Waals surface area contributed by atoms with E-state index in [1.165, 1.54) is 6.66 Å². The Kier molecular flexibility index (Phi) is 7.05. The quantitative estimate of drug-likeness (QED) is 0.538. The molecular weight excluding hydrogens is 425 g/mol. The van der Waals surface area contributed by atoms with Gasteiger partial charge >= 0.3 is 7.60 Å². The first-order valence-electron chi connectivity index (χ1n) is 10.3. The molecule has 2 aromatic heterocycles. The molecule has 1 saturated heterocycles.